The molecule has 1 unspecified atom stereocenters. The fraction of sp³-hybridized carbons (Fsp3) is 0.600. The predicted molar refractivity (Wildman–Crippen MR) is 72.6 cm³/mol. The second kappa shape index (κ2) is 4.34. The first-order chi connectivity index (χ1) is 7.90. The van der Waals surface area contributed by atoms with Gasteiger partial charge in [0, 0.05) is 17.8 Å². The summed E-state index contributed by atoms with van der Waals surface area (Å²) in [6.07, 6.45) is 1.57. The molecule has 17 heavy (non-hydrogen) atoms. The molecule has 1 aromatic carbocycles. The molecule has 1 aliphatic heterocycles. The van der Waals surface area contributed by atoms with Crippen LogP contribution in [0.25, 0.3) is 0 Å². The summed E-state index contributed by atoms with van der Waals surface area (Å²) in [6.45, 7) is 9.67. The van der Waals surface area contributed by atoms with Gasteiger partial charge in [-0.15, -0.1) is 0 Å². The molecule has 1 heterocycles. The van der Waals surface area contributed by atoms with Crippen molar-refractivity contribution in [1.82, 2.24) is 0 Å². The second-order valence-electron chi connectivity index (χ2n) is 5.88. The van der Waals surface area contributed by atoms with E-state index >= 15 is 0 Å². The van der Waals surface area contributed by atoms with Gasteiger partial charge in [0.2, 0.25) is 0 Å². The van der Waals surface area contributed by atoms with Gasteiger partial charge in [-0.05, 0) is 63.8 Å². The molecule has 0 bridgehead atoms. The molecule has 0 radical (unpaired) electrons. The highest BCUT2D eigenvalue weighted by molar-refractivity contribution is 5.53. The SMILES string of the molecule is Cc1ccc(N2CCC(O)CC2(C)C)cc1C. The van der Waals surface area contributed by atoms with Crippen LogP contribution in [0, 0.1) is 13.8 Å². The highest BCUT2D eigenvalue weighted by atomic mass is 16.3. The number of hydrogen-bond acceptors (Lipinski definition) is 2. The monoisotopic (exact) mass is 233 g/mol. The molecule has 2 nitrogen and oxygen atoms in total. The Morgan fingerprint density at radius 2 is 1.94 bits per heavy atom. The first-order valence-corrected chi connectivity index (χ1v) is 6.43. The molecule has 0 aliphatic carbocycles. The van der Waals surface area contributed by atoms with Gasteiger partial charge in [0.15, 0.2) is 0 Å². The molecule has 0 saturated carbocycles. The quantitative estimate of drug-likeness (QED) is 0.806. The molecule has 1 atom stereocenters. The zero-order chi connectivity index (χ0) is 12.6. The van der Waals surface area contributed by atoms with E-state index in [0.29, 0.717) is 0 Å². The molecule has 0 spiro atoms. The number of piperidine rings is 1. The minimum Gasteiger partial charge on any atom is -0.393 e. The van der Waals surface area contributed by atoms with Gasteiger partial charge in [0.1, 0.15) is 0 Å². The summed E-state index contributed by atoms with van der Waals surface area (Å²) in [5.74, 6) is 0. The van der Waals surface area contributed by atoms with Gasteiger partial charge >= 0.3 is 0 Å². The van der Waals surface area contributed by atoms with Crippen LogP contribution in [0.1, 0.15) is 37.8 Å². The Morgan fingerprint density at radius 3 is 2.53 bits per heavy atom. The zero-order valence-electron chi connectivity index (χ0n) is 11.3. The van der Waals surface area contributed by atoms with Crippen molar-refractivity contribution >= 4 is 5.69 Å². The predicted octanol–water partition coefficient (Wildman–Crippen LogP) is 3.04. The topological polar surface area (TPSA) is 23.5 Å². The molecule has 0 amide bonds. The number of aryl methyl sites for hydroxylation is 2. The molecule has 1 aromatic rings. The smallest absolute Gasteiger partial charge is 0.0579 e. The minimum atomic E-state index is -0.146. The Hall–Kier alpha value is -1.02. The van der Waals surface area contributed by atoms with Crippen molar-refractivity contribution in [1.29, 1.82) is 0 Å². The largest absolute Gasteiger partial charge is 0.393 e. The van der Waals surface area contributed by atoms with Crippen LogP contribution in [0.15, 0.2) is 18.2 Å². The Labute approximate surface area is 104 Å². The Bertz CT molecular complexity index is 411. The number of nitrogens with zero attached hydrogens (tertiary/aromatic N) is 1. The Morgan fingerprint density at radius 1 is 1.24 bits per heavy atom. The van der Waals surface area contributed by atoms with E-state index in [9.17, 15) is 5.11 Å². The van der Waals surface area contributed by atoms with Crippen LogP contribution in [0.2, 0.25) is 0 Å². The molecule has 94 valence electrons. The number of hydrogen-bond donors (Lipinski definition) is 1. The maximum atomic E-state index is 9.78. The average Bonchev–Trinajstić information content (AvgIpc) is 2.21. The van der Waals surface area contributed by atoms with E-state index in [1.54, 1.807) is 0 Å². The van der Waals surface area contributed by atoms with E-state index in [1.165, 1.54) is 16.8 Å². The van der Waals surface area contributed by atoms with E-state index in [0.717, 1.165) is 19.4 Å². The molecule has 2 heteroatoms. The molecule has 0 aromatic heterocycles. The summed E-state index contributed by atoms with van der Waals surface area (Å²) in [5.41, 5.74) is 4.00. The molecule has 1 aliphatic rings. The van der Waals surface area contributed by atoms with Crippen molar-refractivity contribution in [3.8, 4) is 0 Å². The molecular formula is C15H23NO. The summed E-state index contributed by atoms with van der Waals surface area (Å²) in [5, 5.41) is 9.78. The zero-order valence-corrected chi connectivity index (χ0v) is 11.3. The third-order valence-corrected chi connectivity index (χ3v) is 3.95. The van der Waals surface area contributed by atoms with E-state index in [2.05, 4.69) is 50.8 Å². The van der Waals surface area contributed by atoms with E-state index in [1.807, 2.05) is 0 Å². The standard InChI is InChI=1S/C15H23NO/c1-11-5-6-13(9-12(11)2)16-8-7-14(17)10-15(16,3)4/h5-6,9,14,17H,7-8,10H2,1-4H3. The number of benzene rings is 1. The van der Waals surface area contributed by atoms with Gasteiger partial charge in [-0.25, -0.2) is 0 Å². The maximum Gasteiger partial charge on any atom is 0.0579 e. The van der Waals surface area contributed by atoms with E-state index in [4.69, 9.17) is 0 Å². The van der Waals surface area contributed by atoms with Crippen LogP contribution in [0.3, 0.4) is 0 Å². The summed E-state index contributed by atoms with van der Waals surface area (Å²) in [6, 6.07) is 6.64. The summed E-state index contributed by atoms with van der Waals surface area (Å²) in [7, 11) is 0. The highest BCUT2D eigenvalue weighted by Crippen LogP contribution is 2.33. The van der Waals surface area contributed by atoms with Crippen molar-refractivity contribution in [3.63, 3.8) is 0 Å². The first-order valence-electron chi connectivity index (χ1n) is 6.43. The van der Waals surface area contributed by atoms with E-state index < -0.39 is 0 Å². The fourth-order valence-electron chi connectivity index (χ4n) is 2.74. The Balaban J connectivity index is 2.29. The Kier molecular flexibility index (Phi) is 3.17. The average molecular weight is 233 g/mol. The van der Waals surface area contributed by atoms with Crippen molar-refractivity contribution in [2.75, 3.05) is 11.4 Å². The van der Waals surface area contributed by atoms with Crippen molar-refractivity contribution < 1.29 is 5.11 Å². The maximum absolute atomic E-state index is 9.78. The van der Waals surface area contributed by atoms with Gasteiger partial charge < -0.3 is 10.0 Å². The molecule has 2 rings (SSSR count). The van der Waals surface area contributed by atoms with Crippen LogP contribution in [-0.2, 0) is 0 Å². The second-order valence-corrected chi connectivity index (χ2v) is 5.88. The highest BCUT2D eigenvalue weighted by Gasteiger charge is 2.34. The van der Waals surface area contributed by atoms with Crippen molar-refractivity contribution in [2.24, 2.45) is 0 Å². The van der Waals surface area contributed by atoms with Gasteiger partial charge in [0.05, 0.1) is 6.10 Å². The number of rotatable bonds is 1. The van der Waals surface area contributed by atoms with Crippen LogP contribution in [0.5, 0.6) is 0 Å². The number of aliphatic hydroxyl groups is 1. The van der Waals surface area contributed by atoms with Crippen molar-refractivity contribution in [2.45, 2.75) is 52.2 Å². The number of anilines is 1. The van der Waals surface area contributed by atoms with Gasteiger partial charge in [-0.2, -0.15) is 0 Å². The number of aliphatic hydroxyl groups excluding tert-OH is 1. The lowest BCUT2D eigenvalue weighted by atomic mass is 9.87. The normalized spacial score (nSPS) is 23.8. The van der Waals surface area contributed by atoms with Crippen LogP contribution >= 0.6 is 0 Å². The lowest BCUT2D eigenvalue weighted by Gasteiger charge is -2.46. The van der Waals surface area contributed by atoms with Crippen molar-refractivity contribution in [3.05, 3.63) is 29.3 Å². The van der Waals surface area contributed by atoms with Crippen LogP contribution in [0.4, 0.5) is 5.69 Å². The minimum absolute atomic E-state index is 0.0410. The first kappa shape index (κ1) is 12.4. The molecular weight excluding hydrogens is 210 g/mol. The molecule has 1 fully saturated rings. The van der Waals surface area contributed by atoms with Gasteiger partial charge in [0.25, 0.3) is 0 Å². The summed E-state index contributed by atoms with van der Waals surface area (Å²) in [4.78, 5) is 2.42. The third kappa shape index (κ3) is 2.47. The summed E-state index contributed by atoms with van der Waals surface area (Å²) >= 11 is 0. The van der Waals surface area contributed by atoms with E-state index in [-0.39, 0.29) is 11.6 Å². The summed E-state index contributed by atoms with van der Waals surface area (Å²) < 4.78 is 0. The van der Waals surface area contributed by atoms with Crippen LogP contribution in [-0.4, -0.2) is 23.3 Å². The fourth-order valence-corrected chi connectivity index (χ4v) is 2.74. The molecule has 1 N–H and O–H groups in total. The lowest BCUT2D eigenvalue weighted by molar-refractivity contribution is 0.107. The van der Waals surface area contributed by atoms with Gasteiger partial charge in [-0.3, -0.25) is 0 Å². The van der Waals surface area contributed by atoms with Crippen LogP contribution < -0.4 is 4.90 Å². The molecule has 1 saturated heterocycles. The lowest BCUT2D eigenvalue weighted by Crippen LogP contribution is -2.51. The third-order valence-electron chi connectivity index (χ3n) is 3.95. The van der Waals surface area contributed by atoms with Gasteiger partial charge in [-0.1, -0.05) is 6.07 Å².